The second kappa shape index (κ2) is 9.88. The fourth-order valence-electron chi connectivity index (χ4n) is 2.51. The van der Waals surface area contributed by atoms with Gasteiger partial charge in [0.25, 0.3) is 5.69 Å². The minimum absolute atomic E-state index is 0.0339. The zero-order valence-electron chi connectivity index (χ0n) is 15.7. The number of hydrogen-bond acceptors (Lipinski definition) is 7. The second-order valence-corrected chi connectivity index (χ2v) is 7.02. The van der Waals surface area contributed by atoms with Crippen LogP contribution in [0.3, 0.4) is 0 Å². The third-order valence-electron chi connectivity index (χ3n) is 4.08. The van der Waals surface area contributed by atoms with E-state index in [0.29, 0.717) is 21.4 Å². The van der Waals surface area contributed by atoms with Crippen molar-refractivity contribution in [3.05, 3.63) is 102 Å². The first-order valence-corrected chi connectivity index (χ1v) is 9.48. The molecule has 0 bridgehead atoms. The standard InChI is InChI=1S/C20H14Cl2N4O5/c21-15-4-3-14(18(22)9-15)12-31-17-6-1-13(2-7-17)11-23-24-19-8-5-16(25(27)28)10-20(19)26(29)30/h1-11,24H,12H2/b23-11-. The van der Waals surface area contributed by atoms with E-state index < -0.39 is 15.5 Å². The molecule has 3 aromatic carbocycles. The van der Waals surface area contributed by atoms with Crippen LogP contribution in [0, 0.1) is 20.2 Å². The molecule has 31 heavy (non-hydrogen) atoms. The van der Waals surface area contributed by atoms with Crippen molar-refractivity contribution in [1.82, 2.24) is 0 Å². The molecule has 0 amide bonds. The summed E-state index contributed by atoms with van der Waals surface area (Å²) in [7, 11) is 0. The molecule has 3 aromatic rings. The number of hydrogen-bond donors (Lipinski definition) is 1. The van der Waals surface area contributed by atoms with Gasteiger partial charge in [0.05, 0.1) is 22.1 Å². The molecular weight excluding hydrogens is 447 g/mol. The molecule has 0 heterocycles. The number of anilines is 1. The highest BCUT2D eigenvalue weighted by Gasteiger charge is 2.19. The quantitative estimate of drug-likeness (QED) is 0.256. The fourth-order valence-corrected chi connectivity index (χ4v) is 2.97. The molecule has 0 radical (unpaired) electrons. The summed E-state index contributed by atoms with van der Waals surface area (Å²) in [6, 6.07) is 15.4. The highest BCUT2D eigenvalue weighted by molar-refractivity contribution is 6.35. The Balaban J connectivity index is 1.62. The van der Waals surface area contributed by atoms with Crippen LogP contribution in [0.2, 0.25) is 10.0 Å². The monoisotopic (exact) mass is 460 g/mol. The lowest BCUT2D eigenvalue weighted by Gasteiger charge is -2.08. The second-order valence-electron chi connectivity index (χ2n) is 6.18. The molecular formula is C20H14Cl2N4O5. The maximum atomic E-state index is 11.1. The van der Waals surface area contributed by atoms with E-state index in [1.807, 2.05) is 0 Å². The van der Waals surface area contributed by atoms with Gasteiger partial charge in [0.1, 0.15) is 18.0 Å². The smallest absolute Gasteiger partial charge is 0.301 e. The lowest BCUT2D eigenvalue weighted by Crippen LogP contribution is -1.99. The van der Waals surface area contributed by atoms with Crippen LogP contribution in [0.4, 0.5) is 17.1 Å². The molecule has 0 fully saturated rings. The Kier molecular flexibility index (Phi) is 7.01. The molecule has 0 saturated carbocycles. The summed E-state index contributed by atoms with van der Waals surface area (Å²) in [4.78, 5) is 20.5. The molecule has 0 aliphatic rings. The number of nitro groups is 2. The molecule has 0 atom stereocenters. The fraction of sp³-hybridized carbons (Fsp3) is 0.0500. The van der Waals surface area contributed by atoms with E-state index in [-0.39, 0.29) is 18.0 Å². The van der Waals surface area contributed by atoms with Crippen LogP contribution < -0.4 is 10.2 Å². The first-order chi connectivity index (χ1) is 14.8. The molecule has 9 nitrogen and oxygen atoms in total. The average Bonchev–Trinajstić information content (AvgIpc) is 2.74. The van der Waals surface area contributed by atoms with Gasteiger partial charge in [-0.3, -0.25) is 25.7 Å². The van der Waals surface area contributed by atoms with Gasteiger partial charge in [0.2, 0.25) is 0 Å². The summed E-state index contributed by atoms with van der Waals surface area (Å²) in [5.74, 6) is 0.613. The Labute approximate surface area is 186 Å². The van der Waals surface area contributed by atoms with Crippen molar-refractivity contribution >= 4 is 46.5 Å². The normalized spacial score (nSPS) is 10.8. The molecule has 0 aromatic heterocycles. The van der Waals surface area contributed by atoms with Crippen molar-refractivity contribution in [3.63, 3.8) is 0 Å². The van der Waals surface area contributed by atoms with Crippen molar-refractivity contribution in [1.29, 1.82) is 0 Å². The van der Waals surface area contributed by atoms with Crippen LogP contribution in [-0.2, 0) is 6.61 Å². The number of benzene rings is 3. The van der Waals surface area contributed by atoms with Crippen LogP contribution in [0.15, 0.2) is 65.8 Å². The first-order valence-electron chi connectivity index (χ1n) is 8.72. The Morgan fingerprint density at radius 3 is 2.35 bits per heavy atom. The number of halogens is 2. The van der Waals surface area contributed by atoms with Crippen LogP contribution in [0.25, 0.3) is 0 Å². The van der Waals surface area contributed by atoms with Crippen molar-refractivity contribution in [2.75, 3.05) is 5.43 Å². The van der Waals surface area contributed by atoms with Crippen molar-refractivity contribution in [3.8, 4) is 5.75 Å². The predicted molar refractivity (Wildman–Crippen MR) is 118 cm³/mol. The lowest BCUT2D eigenvalue weighted by atomic mass is 10.2. The molecule has 3 rings (SSSR count). The van der Waals surface area contributed by atoms with Gasteiger partial charge >= 0.3 is 5.69 Å². The van der Waals surface area contributed by atoms with E-state index >= 15 is 0 Å². The number of nitrogens with zero attached hydrogens (tertiary/aromatic N) is 3. The van der Waals surface area contributed by atoms with Crippen molar-refractivity contribution in [2.24, 2.45) is 5.10 Å². The summed E-state index contributed by atoms with van der Waals surface area (Å²) >= 11 is 12.0. The summed E-state index contributed by atoms with van der Waals surface area (Å²) in [5.41, 5.74) is 3.24. The van der Waals surface area contributed by atoms with Crippen LogP contribution >= 0.6 is 23.2 Å². The minimum atomic E-state index is -0.718. The first kappa shape index (κ1) is 22.0. The number of rotatable bonds is 8. The average molecular weight is 461 g/mol. The van der Waals surface area contributed by atoms with E-state index in [1.54, 1.807) is 42.5 Å². The minimum Gasteiger partial charge on any atom is -0.489 e. The van der Waals surface area contributed by atoms with Gasteiger partial charge in [0, 0.05) is 21.7 Å². The van der Waals surface area contributed by atoms with Crippen molar-refractivity contribution < 1.29 is 14.6 Å². The number of nitro benzene ring substituents is 2. The molecule has 0 aliphatic carbocycles. The number of non-ortho nitro benzene ring substituents is 1. The van der Waals surface area contributed by atoms with Crippen LogP contribution in [-0.4, -0.2) is 16.1 Å². The molecule has 1 N–H and O–H groups in total. The van der Waals surface area contributed by atoms with Gasteiger partial charge in [-0.1, -0.05) is 29.3 Å². The Bertz CT molecular complexity index is 1150. The van der Waals surface area contributed by atoms with Gasteiger partial charge in [0.15, 0.2) is 0 Å². The van der Waals surface area contributed by atoms with Crippen LogP contribution in [0.5, 0.6) is 5.75 Å². The molecule has 0 saturated heterocycles. The van der Waals surface area contributed by atoms with Gasteiger partial charge in [-0.05, 0) is 48.0 Å². The van der Waals surface area contributed by atoms with E-state index in [9.17, 15) is 20.2 Å². The largest absolute Gasteiger partial charge is 0.489 e. The molecule has 0 spiro atoms. The Morgan fingerprint density at radius 2 is 1.71 bits per heavy atom. The highest BCUT2D eigenvalue weighted by Crippen LogP contribution is 2.29. The summed E-state index contributed by atoms with van der Waals surface area (Å²) in [6.07, 6.45) is 1.45. The zero-order chi connectivity index (χ0) is 22.4. The molecule has 0 unspecified atom stereocenters. The van der Waals surface area contributed by atoms with Gasteiger partial charge in [-0.15, -0.1) is 0 Å². The number of ether oxygens (including phenoxy) is 1. The van der Waals surface area contributed by atoms with E-state index in [0.717, 1.165) is 17.7 Å². The van der Waals surface area contributed by atoms with Gasteiger partial charge in [-0.25, -0.2) is 0 Å². The summed E-state index contributed by atoms with van der Waals surface area (Å²) in [5, 5.41) is 26.9. The van der Waals surface area contributed by atoms with Crippen LogP contribution in [0.1, 0.15) is 11.1 Å². The highest BCUT2D eigenvalue weighted by atomic mass is 35.5. The number of hydrazone groups is 1. The van der Waals surface area contributed by atoms with Crippen molar-refractivity contribution in [2.45, 2.75) is 6.61 Å². The molecule has 0 aliphatic heterocycles. The summed E-state index contributed by atoms with van der Waals surface area (Å²) in [6.45, 7) is 0.273. The predicted octanol–water partition coefficient (Wildman–Crippen LogP) is 5.83. The Morgan fingerprint density at radius 1 is 0.968 bits per heavy atom. The lowest BCUT2D eigenvalue weighted by molar-refractivity contribution is -0.393. The SMILES string of the molecule is O=[N+]([O-])c1ccc(N/N=C\c2ccc(OCc3ccc(Cl)cc3Cl)cc2)c([N+](=O)[O-])c1. The topological polar surface area (TPSA) is 120 Å². The van der Waals surface area contributed by atoms with E-state index in [2.05, 4.69) is 10.5 Å². The zero-order valence-corrected chi connectivity index (χ0v) is 17.2. The third kappa shape index (κ3) is 5.91. The maximum Gasteiger partial charge on any atom is 0.301 e. The number of nitrogens with one attached hydrogen (secondary N) is 1. The third-order valence-corrected chi connectivity index (χ3v) is 4.66. The molecule has 11 heteroatoms. The summed E-state index contributed by atoms with van der Waals surface area (Å²) < 4.78 is 5.70. The van der Waals surface area contributed by atoms with Gasteiger partial charge in [-0.2, -0.15) is 5.10 Å². The van der Waals surface area contributed by atoms with Gasteiger partial charge < -0.3 is 4.74 Å². The van der Waals surface area contributed by atoms with E-state index in [4.69, 9.17) is 27.9 Å². The molecule has 158 valence electrons. The maximum absolute atomic E-state index is 11.1. The van der Waals surface area contributed by atoms with E-state index in [1.165, 1.54) is 12.3 Å². The Hall–Kier alpha value is -3.69.